The summed E-state index contributed by atoms with van der Waals surface area (Å²) in [7, 11) is 0. The van der Waals surface area contributed by atoms with Crippen LogP contribution in [0.1, 0.15) is 42.7 Å². The first kappa shape index (κ1) is 11.9. The maximum atomic E-state index is 3.71. The van der Waals surface area contributed by atoms with E-state index in [2.05, 4.69) is 36.5 Å². The van der Waals surface area contributed by atoms with Gasteiger partial charge in [-0.15, -0.1) is 12.4 Å². The molecule has 0 spiro atoms. The average Bonchev–Trinajstić information content (AvgIpc) is 2.96. The molecule has 2 fully saturated rings. The summed E-state index contributed by atoms with van der Waals surface area (Å²) < 4.78 is 0. The lowest BCUT2D eigenvalue weighted by molar-refractivity contribution is 0.288. The largest absolute Gasteiger partial charge is 0.311 e. The van der Waals surface area contributed by atoms with Gasteiger partial charge in [0.15, 0.2) is 0 Å². The van der Waals surface area contributed by atoms with Gasteiger partial charge in [0, 0.05) is 12.1 Å². The minimum atomic E-state index is 0. The highest BCUT2D eigenvalue weighted by molar-refractivity contribution is 5.85. The zero-order chi connectivity index (χ0) is 10.3. The van der Waals surface area contributed by atoms with Gasteiger partial charge >= 0.3 is 0 Å². The molecule has 2 saturated carbocycles. The first-order valence-electron chi connectivity index (χ1n) is 6.14. The van der Waals surface area contributed by atoms with Crippen LogP contribution in [-0.4, -0.2) is 12.1 Å². The van der Waals surface area contributed by atoms with Crippen LogP contribution in [0.15, 0.2) is 24.3 Å². The molecular formula is C14H20ClN. The van der Waals surface area contributed by atoms with Gasteiger partial charge in [-0.2, -0.15) is 0 Å². The molecule has 2 aliphatic rings. The van der Waals surface area contributed by atoms with E-state index in [0.29, 0.717) is 0 Å². The lowest BCUT2D eigenvalue weighted by Gasteiger charge is -2.37. The smallest absolute Gasteiger partial charge is 0.00813 e. The standard InChI is InChI=1S/C14H19N.ClH/c1-10-4-2-3-5-14(10)11-8-13(9-11)15-12-6-7-12;/h2-5,11-13,15H,6-9H2,1H3;1H. The van der Waals surface area contributed by atoms with Crippen LogP contribution in [0.2, 0.25) is 0 Å². The van der Waals surface area contributed by atoms with Gasteiger partial charge in [-0.1, -0.05) is 24.3 Å². The van der Waals surface area contributed by atoms with Crippen molar-refractivity contribution >= 4 is 12.4 Å². The van der Waals surface area contributed by atoms with E-state index in [9.17, 15) is 0 Å². The summed E-state index contributed by atoms with van der Waals surface area (Å²) in [6, 6.07) is 10.5. The molecule has 1 nitrogen and oxygen atoms in total. The predicted octanol–water partition coefficient (Wildman–Crippen LogP) is 3.41. The molecule has 1 aromatic carbocycles. The van der Waals surface area contributed by atoms with Gasteiger partial charge in [-0.25, -0.2) is 0 Å². The molecule has 0 bridgehead atoms. The van der Waals surface area contributed by atoms with Crippen LogP contribution in [0.5, 0.6) is 0 Å². The highest BCUT2D eigenvalue weighted by Crippen LogP contribution is 2.39. The predicted molar refractivity (Wildman–Crippen MR) is 70.3 cm³/mol. The summed E-state index contributed by atoms with van der Waals surface area (Å²) in [6.07, 6.45) is 5.51. The van der Waals surface area contributed by atoms with Crippen molar-refractivity contribution in [3.8, 4) is 0 Å². The van der Waals surface area contributed by atoms with Crippen molar-refractivity contribution in [3.63, 3.8) is 0 Å². The highest BCUT2D eigenvalue weighted by Gasteiger charge is 2.34. The van der Waals surface area contributed by atoms with Crippen molar-refractivity contribution < 1.29 is 0 Å². The molecule has 1 aromatic rings. The maximum Gasteiger partial charge on any atom is 0.00813 e. The molecule has 88 valence electrons. The first-order chi connectivity index (χ1) is 7.33. The van der Waals surface area contributed by atoms with Crippen molar-refractivity contribution in [2.24, 2.45) is 0 Å². The molecule has 0 radical (unpaired) electrons. The molecule has 2 aliphatic carbocycles. The third kappa shape index (κ3) is 2.41. The molecular weight excluding hydrogens is 218 g/mol. The first-order valence-corrected chi connectivity index (χ1v) is 6.14. The Morgan fingerprint density at radius 3 is 2.38 bits per heavy atom. The number of halogens is 1. The molecule has 0 aromatic heterocycles. The van der Waals surface area contributed by atoms with Crippen molar-refractivity contribution in [1.29, 1.82) is 0 Å². The Bertz CT molecular complexity index is 354. The topological polar surface area (TPSA) is 12.0 Å². The van der Waals surface area contributed by atoms with E-state index in [1.54, 1.807) is 5.56 Å². The fraction of sp³-hybridized carbons (Fsp3) is 0.571. The number of nitrogens with one attached hydrogen (secondary N) is 1. The lowest BCUT2D eigenvalue weighted by atomic mass is 9.74. The molecule has 0 heterocycles. The fourth-order valence-electron chi connectivity index (χ4n) is 2.64. The van der Waals surface area contributed by atoms with Crippen LogP contribution in [-0.2, 0) is 0 Å². The third-order valence-corrected chi connectivity index (χ3v) is 3.82. The van der Waals surface area contributed by atoms with Gasteiger partial charge < -0.3 is 5.32 Å². The highest BCUT2D eigenvalue weighted by atomic mass is 35.5. The molecule has 0 atom stereocenters. The van der Waals surface area contributed by atoms with E-state index in [0.717, 1.165) is 18.0 Å². The van der Waals surface area contributed by atoms with Gasteiger partial charge in [0.25, 0.3) is 0 Å². The van der Waals surface area contributed by atoms with Crippen LogP contribution >= 0.6 is 12.4 Å². The third-order valence-electron chi connectivity index (χ3n) is 3.82. The van der Waals surface area contributed by atoms with E-state index in [1.165, 1.54) is 31.2 Å². The zero-order valence-corrected chi connectivity index (χ0v) is 10.6. The fourth-order valence-corrected chi connectivity index (χ4v) is 2.64. The molecule has 0 amide bonds. The van der Waals surface area contributed by atoms with Crippen molar-refractivity contribution in [2.45, 2.75) is 50.6 Å². The minimum absolute atomic E-state index is 0. The molecule has 3 rings (SSSR count). The van der Waals surface area contributed by atoms with Gasteiger partial charge in [0.2, 0.25) is 0 Å². The molecule has 0 saturated heterocycles. The molecule has 0 unspecified atom stereocenters. The second-order valence-corrected chi connectivity index (χ2v) is 5.16. The Morgan fingerprint density at radius 1 is 1.06 bits per heavy atom. The van der Waals surface area contributed by atoms with Crippen LogP contribution < -0.4 is 5.32 Å². The van der Waals surface area contributed by atoms with Gasteiger partial charge in [0.05, 0.1) is 0 Å². The number of rotatable bonds is 3. The van der Waals surface area contributed by atoms with Crippen molar-refractivity contribution in [1.82, 2.24) is 5.32 Å². The van der Waals surface area contributed by atoms with E-state index in [4.69, 9.17) is 0 Å². The Hall–Kier alpha value is -0.530. The lowest BCUT2D eigenvalue weighted by Crippen LogP contribution is -2.41. The Balaban J connectivity index is 0.000000963. The second kappa shape index (κ2) is 4.77. The van der Waals surface area contributed by atoms with Gasteiger partial charge in [0.1, 0.15) is 0 Å². The monoisotopic (exact) mass is 237 g/mol. The van der Waals surface area contributed by atoms with Crippen LogP contribution in [0.25, 0.3) is 0 Å². The molecule has 16 heavy (non-hydrogen) atoms. The normalized spacial score (nSPS) is 28.1. The zero-order valence-electron chi connectivity index (χ0n) is 9.78. The summed E-state index contributed by atoms with van der Waals surface area (Å²) >= 11 is 0. The van der Waals surface area contributed by atoms with Crippen LogP contribution in [0, 0.1) is 6.92 Å². The van der Waals surface area contributed by atoms with E-state index in [-0.39, 0.29) is 12.4 Å². The van der Waals surface area contributed by atoms with Crippen LogP contribution in [0.4, 0.5) is 0 Å². The van der Waals surface area contributed by atoms with Crippen LogP contribution in [0.3, 0.4) is 0 Å². The summed E-state index contributed by atoms with van der Waals surface area (Å²) in [5.41, 5.74) is 3.04. The molecule has 0 aliphatic heterocycles. The average molecular weight is 238 g/mol. The number of benzene rings is 1. The summed E-state index contributed by atoms with van der Waals surface area (Å²) in [4.78, 5) is 0. The van der Waals surface area contributed by atoms with E-state index >= 15 is 0 Å². The van der Waals surface area contributed by atoms with Crippen molar-refractivity contribution in [3.05, 3.63) is 35.4 Å². The summed E-state index contributed by atoms with van der Waals surface area (Å²) in [5.74, 6) is 0.822. The van der Waals surface area contributed by atoms with E-state index in [1.807, 2.05) is 0 Å². The number of aryl methyl sites for hydroxylation is 1. The Labute approximate surface area is 104 Å². The SMILES string of the molecule is Cc1ccccc1C1CC(NC2CC2)C1.Cl. The van der Waals surface area contributed by atoms with Gasteiger partial charge in [-0.05, 0) is 49.7 Å². The summed E-state index contributed by atoms with van der Waals surface area (Å²) in [5, 5.41) is 3.71. The quantitative estimate of drug-likeness (QED) is 0.850. The molecule has 2 heteroatoms. The summed E-state index contributed by atoms with van der Waals surface area (Å²) in [6.45, 7) is 2.23. The van der Waals surface area contributed by atoms with Gasteiger partial charge in [-0.3, -0.25) is 0 Å². The number of hydrogen-bond acceptors (Lipinski definition) is 1. The Morgan fingerprint density at radius 2 is 1.75 bits per heavy atom. The second-order valence-electron chi connectivity index (χ2n) is 5.16. The maximum absolute atomic E-state index is 3.71. The molecule has 1 N–H and O–H groups in total. The Kier molecular flexibility index (Phi) is 3.56. The minimum Gasteiger partial charge on any atom is -0.311 e. The van der Waals surface area contributed by atoms with Crippen molar-refractivity contribution in [2.75, 3.05) is 0 Å². The van der Waals surface area contributed by atoms with E-state index < -0.39 is 0 Å². The number of hydrogen-bond donors (Lipinski definition) is 1.